The molecule has 0 aliphatic carbocycles. The van der Waals surface area contributed by atoms with Gasteiger partial charge in [-0.3, -0.25) is 14.7 Å². The molecule has 49 heavy (non-hydrogen) atoms. The van der Waals surface area contributed by atoms with Gasteiger partial charge in [0.2, 0.25) is 0 Å². The van der Waals surface area contributed by atoms with E-state index in [1.54, 1.807) is 17.2 Å². The summed E-state index contributed by atoms with van der Waals surface area (Å²) in [7, 11) is 1.92. The van der Waals surface area contributed by atoms with Crippen LogP contribution in [0.25, 0.3) is 32.9 Å². The van der Waals surface area contributed by atoms with E-state index in [0.29, 0.717) is 61.1 Å². The Labute approximate surface area is 289 Å². The summed E-state index contributed by atoms with van der Waals surface area (Å²) >= 11 is 6.64. The number of carbonyl (C=O) groups excluding carboxylic acids is 1. The molecule has 1 N–H and O–H groups in total. The zero-order valence-corrected chi connectivity index (χ0v) is 28.3. The van der Waals surface area contributed by atoms with Crippen molar-refractivity contribution in [3.63, 3.8) is 0 Å². The molecule has 2 unspecified atom stereocenters. The highest BCUT2D eigenvalue weighted by atomic mass is 35.5. The Morgan fingerprint density at radius 1 is 1.18 bits per heavy atom. The van der Waals surface area contributed by atoms with Crippen molar-refractivity contribution in [2.75, 3.05) is 64.4 Å². The Hall–Kier alpha value is -4.08. The number of ether oxygens (including phenoxy) is 2. The molecule has 0 saturated carbocycles. The van der Waals surface area contributed by atoms with Crippen LogP contribution in [0.3, 0.4) is 0 Å². The van der Waals surface area contributed by atoms with Crippen LogP contribution < -0.4 is 15.0 Å². The molecule has 10 nitrogen and oxygen atoms in total. The first-order chi connectivity index (χ1) is 23.9. The molecule has 4 saturated heterocycles. The summed E-state index contributed by atoms with van der Waals surface area (Å²) in [6, 6.07) is 11.3. The van der Waals surface area contributed by atoms with E-state index in [1.807, 2.05) is 42.3 Å². The first-order valence-electron chi connectivity index (χ1n) is 17.2. The van der Waals surface area contributed by atoms with E-state index in [-0.39, 0.29) is 40.8 Å². The Bertz CT molecular complexity index is 1960. The number of morpholine rings is 1. The number of benzene rings is 2. The van der Waals surface area contributed by atoms with Gasteiger partial charge in [-0.15, -0.1) is 0 Å². The molecule has 4 aliphatic rings. The van der Waals surface area contributed by atoms with E-state index in [4.69, 9.17) is 31.0 Å². The highest BCUT2D eigenvalue weighted by Gasteiger charge is 2.45. The summed E-state index contributed by atoms with van der Waals surface area (Å²) < 4.78 is 28.8. The van der Waals surface area contributed by atoms with Crippen molar-refractivity contribution in [1.82, 2.24) is 30.1 Å². The van der Waals surface area contributed by atoms with Crippen LogP contribution in [0.2, 0.25) is 5.02 Å². The monoisotopic (exact) mass is 683 g/mol. The molecule has 4 fully saturated rings. The Kier molecular flexibility index (Phi) is 8.74. The molecule has 4 aromatic rings. The van der Waals surface area contributed by atoms with Gasteiger partial charge in [0.05, 0.1) is 17.5 Å². The van der Waals surface area contributed by atoms with Crippen LogP contribution in [-0.4, -0.2) is 108 Å². The van der Waals surface area contributed by atoms with Gasteiger partial charge in [-0.25, -0.2) is 4.39 Å². The van der Waals surface area contributed by atoms with Crippen LogP contribution in [0.15, 0.2) is 42.6 Å². The Morgan fingerprint density at radius 3 is 2.80 bits per heavy atom. The lowest BCUT2D eigenvalue weighted by Crippen LogP contribution is -2.43. The molecule has 8 rings (SSSR count). The van der Waals surface area contributed by atoms with E-state index in [0.717, 1.165) is 56.1 Å². The van der Waals surface area contributed by atoms with E-state index >= 15 is 4.39 Å². The number of fused-ring (bicyclic) bond motifs is 3. The molecule has 0 bridgehead atoms. The summed E-state index contributed by atoms with van der Waals surface area (Å²) in [6.45, 7) is 5.56. The SMILES string of the molecule is CN(c1nc(OCC23CCCN2CCC3)nc2c(F)c(-c3cccc4cccc(Cl)c34)ncc12)C1CCN(C(=O)C#CC2CNCCO2)C1. The van der Waals surface area contributed by atoms with Crippen LogP contribution in [0.5, 0.6) is 6.01 Å². The first-order valence-corrected chi connectivity index (χ1v) is 17.6. The summed E-state index contributed by atoms with van der Waals surface area (Å²) in [6.07, 6.45) is 6.45. The first kappa shape index (κ1) is 32.1. The van der Waals surface area contributed by atoms with Gasteiger partial charge in [-0.1, -0.05) is 47.9 Å². The molecule has 0 radical (unpaired) electrons. The van der Waals surface area contributed by atoms with Gasteiger partial charge in [0.25, 0.3) is 5.91 Å². The van der Waals surface area contributed by atoms with Crippen molar-refractivity contribution in [2.24, 2.45) is 0 Å². The highest BCUT2D eigenvalue weighted by Crippen LogP contribution is 2.40. The number of likely N-dealkylation sites (tertiary alicyclic amines) is 1. The van der Waals surface area contributed by atoms with E-state index < -0.39 is 5.82 Å². The lowest BCUT2D eigenvalue weighted by Gasteiger charge is -2.31. The number of hydrogen-bond acceptors (Lipinski definition) is 9. The topological polar surface area (TPSA) is 96.0 Å². The molecule has 12 heteroatoms. The van der Waals surface area contributed by atoms with Crippen LogP contribution >= 0.6 is 11.6 Å². The fourth-order valence-corrected chi connectivity index (χ4v) is 8.27. The van der Waals surface area contributed by atoms with Crippen molar-refractivity contribution in [2.45, 2.75) is 49.8 Å². The number of rotatable bonds is 6. The minimum atomic E-state index is -0.564. The quantitative estimate of drug-likeness (QED) is 0.291. The lowest BCUT2D eigenvalue weighted by atomic mass is 9.95. The number of nitrogens with one attached hydrogen (secondary N) is 1. The van der Waals surface area contributed by atoms with Crippen molar-refractivity contribution in [3.8, 4) is 29.1 Å². The summed E-state index contributed by atoms with van der Waals surface area (Å²) in [5.74, 6) is 5.45. The van der Waals surface area contributed by atoms with E-state index in [1.165, 1.54) is 0 Å². The average molecular weight is 684 g/mol. The smallest absolute Gasteiger partial charge is 0.319 e. The molecule has 0 spiro atoms. The van der Waals surface area contributed by atoms with Gasteiger partial charge < -0.3 is 24.6 Å². The summed E-state index contributed by atoms with van der Waals surface area (Å²) in [5.41, 5.74) is 0.850. The van der Waals surface area contributed by atoms with Crippen LogP contribution in [0.4, 0.5) is 10.2 Å². The van der Waals surface area contributed by atoms with Crippen molar-refractivity contribution >= 4 is 45.0 Å². The number of carbonyl (C=O) groups is 1. The van der Waals surface area contributed by atoms with Gasteiger partial charge in [-0.2, -0.15) is 9.97 Å². The second kappa shape index (κ2) is 13.3. The van der Waals surface area contributed by atoms with E-state index in [9.17, 15) is 4.79 Å². The predicted octanol–water partition coefficient (Wildman–Crippen LogP) is 4.67. The van der Waals surface area contributed by atoms with Crippen molar-refractivity contribution < 1.29 is 18.7 Å². The van der Waals surface area contributed by atoms with Gasteiger partial charge >= 0.3 is 6.01 Å². The second-order valence-corrected chi connectivity index (χ2v) is 13.9. The molecule has 254 valence electrons. The maximum Gasteiger partial charge on any atom is 0.319 e. The molecule has 1 amide bonds. The Balaban J connectivity index is 1.14. The third-order valence-corrected chi connectivity index (χ3v) is 10.9. The lowest BCUT2D eigenvalue weighted by molar-refractivity contribution is -0.124. The van der Waals surface area contributed by atoms with Gasteiger partial charge in [0.15, 0.2) is 5.82 Å². The molecular weight excluding hydrogens is 645 g/mol. The minimum Gasteiger partial charge on any atom is -0.461 e. The molecule has 2 atom stereocenters. The number of halogens is 2. The fraction of sp³-hybridized carbons (Fsp3) is 0.459. The summed E-state index contributed by atoms with van der Waals surface area (Å²) in [4.78, 5) is 33.5. The van der Waals surface area contributed by atoms with Crippen molar-refractivity contribution in [1.29, 1.82) is 0 Å². The van der Waals surface area contributed by atoms with Crippen LogP contribution in [0, 0.1) is 17.7 Å². The third kappa shape index (κ3) is 6.05. The van der Waals surface area contributed by atoms with E-state index in [2.05, 4.69) is 27.0 Å². The number of amides is 1. The standard InChI is InChI=1S/C37H39ClFN7O3/c1-44(25-12-18-45(22-25)30(47)11-10-26-20-40-15-19-48-26)35-28-21-41-33(27-8-2-6-24-7-3-9-29(38)31(24)27)32(39)34(28)42-36(43-35)49-23-37-13-4-16-46(37)17-5-14-37/h2-3,6-9,21,25-26,40H,4-5,12-20,22-23H2,1H3. The number of nitrogens with zero attached hydrogens (tertiary/aromatic N) is 6. The summed E-state index contributed by atoms with van der Waals surface area (Å²) in [5, 5.41) is 5.84. The predicted molar refractivity (Wildman–Crippen MR) is 187 cm³/mol. The maximum absolute atomic E-state index is 16.8. The molecule has 2 aromatic carbocycles. The maximum atomic E-state index is 16.8. The second-order valence-electron chi connectivity index (χ2n) is 13.5. The number of pyridine rings is 1. The highest BCUT2D eigenvalue weighted by molar-refractivity contribution is 6.36. The zero-order valence-electron chi connectivity index (χ0n) is 27.6. The van der Waals surface area contributed by atoms with Crippen molar-refractivity contribution in [3.05, 3.63) is 53.4 Å². The third-order valence-electron chi connectivity index (χ3n) is 10.6. The molecule has 4 aliphatic heterocycles. The molecule has 6 heterocycles. The minimum absolute atomic E-state index is 0.0296. The number of hydrogen-bond donors (Lipinski definition) is 1. The normalized spacial score (nSPS) is 21.9. The largest absolute Gasteiger partial charge is 0.461 e. The fourth-order valence-electron chi connectivity index (χ4n) is 7.99. The van der Waals surface area contributed by atoms with Gasteiger partial charge in [0.1, 0.15) is 29.7 Å². The molecular formula is C37H39ClFN7O3. The Morgan fingerprint density at radius 2 is 2.00 bits per heavy atom. The van der Waals surface area contributed by atoms with Gasteiger partial charge in [-0.05, 0) is 62.6 Å². The molecule has 2 aromatic heterocycles. The number of aromatic nitrogens is 3. The van der Waals surface area contributed by atoms with Gasteiger partial charge in [0, 0.05) is 61.4 Å². The van der Waals surface area contributed by atoms with Crippen LogP contribution in [0.1, 0.15) is 32.1 Å². The van der Waals surface area contributed by atoms with Crippen LogP contribution in [-0.2, 0) is 9.53 Å². The average Bonchev–Trinajstić information content (AvgIpc) is 3.87. The number of anilines is 1. The number of likely N-dealkylation sites (N-methyl/N-ethyl adjacent to an activating group) is 1. The zero-order chi connectivity index (χ0) is 33.5.